The van der Waals surface area contributed by atoms with E-state index in [0.717, 1.165) is 31.1 Å². The zero-order valence-corrected chi connectivity index (χ0v) is 18.9. The number of esters is 1. The van der Waals surface area contributed by atoms with Gasteiger partial charge >= 0.3 is 11.6 Å². The second-order valence-corrected chi connectivity index (χ2v) is 10.0. The van der Waals surface area contributed by atoms with Crippen molar-refractivity contribution in [3.8, 4) is 5.75 Å². The summed E-state index contributed by atoms with van der Waals surface area (Å²) < 4.78 is 17.2. The number of hydrogen-bond donors (Lipinski definition) is 0. The molecule has 0 spiro atoms. The largest absolute Gasteiger partial charge is 0.493 e. The van der Waals surface area contributed by atoms with Gasteiger partial charge in [-0.2, -0.15) is 0 Å². The van der Waals surface area contributed by atoms with Gasteiger partial charge in [-0.15, -0.1) is 0 Å². The van der Waals surface area contributed by atoms with Gasteiger partial charge in [0.15, 0.2) is 0 Å². The van der Waals surface area contributed by atoms with Crippen LogP contribution in [0.25, 0.3) is 11.0 Å². The Morgan fingerprint density at radius 3 is 2.68 bits per heavy atom. The van der Waals surface area contributed by atoms with E-state index in [9.17, 15) is 9.59 Å². The van der Waals surface area contributed by atoms with Crippen LogP contribution in [0.5, 0.6) is 5.75 Å². The molecular weight excluding hydrogens is 392 g/mol. The first-order chi connectivity index (χ1) is 14.6. The molecule has 0 N–H and O–H groups in total. The van der Waals surface area contributed by atoms with Crippen molar-refractivity contribution in [1.29, 1.82) is 0 Å². The molecule has 2 aliphatic carbocycles. The second-order valence-electron chi connectivity index (χ2n) is 10.0. The first-order valence-corrected chi connectivity index (χ1v) is 11.1. The Kier molecular flexibility index (Phi) is 5.48. The maximum Gasteiger partial charge on any atom is 0.336 e. The topological polar surface area (TPSA) is 65.7 Å². The summed E-state index contributed by atoms with van der Waals surface area (Å²) in [5.74, 6) is 1.10. The standard InChI is InChI=1S/C26H32O5/c1-16-6-10-22-25(3,4)23(30-17(2)27)12-13-26(22,5)20(16)15-29-19-9-7-18-8-11-24(28)31-21(18)14-19/h7-9,11,14,20,22-23H,1,6,10,12-13,15H2,2-5H3/t20-,22-,23+,26+/m1/s1. The number of rotatable bonds is 4. The molecule has 0 radical (unpaired) electrons. The number of carbonyl (C=O) groups excluding carboxylic acids is 1. The lowest BCUT2D eigenvalue weighted by Gasteiger charge is -2.59. The zero-order chi connectivity index (χ0) is 22.4. The van der Waals surface area contributed by atoms with E-state index < -0.39 is 0 Å². The minimum Gasteiger partial charge on any atom is -0.493 e. The Labute approximate surface area is 183 Å². The van der Waals surface area contributed by atoms with Crippen molar-refractivity contribution in [3.05, 3.63) is 52.9 Å². The van der Waals surface area contributed by atoms with Gasteiger partial charge in [0.2, 0.25) is 0 Å². The summed E-state index contributed by atoms with van der Waals surface area (Å²) in [6.07, 6.45) is 3.78. The summed E-state index contributed by atoms with van der Waals surface area (Å²) in [6.45, 7) is 13.2. The highest BCUT2D eigenvalue weighted by Gasteiger charge is 2.57. The van der Waals surface area contributed by atoms with E-state index in [1.54, 1.807) is 12.1 Å². The van der Waals surface area contributed by atoms with Crippen molar-refractivity contribution >= 4 is 16.9 Å². The van der Waals surface area contributed by atoms with Gasteiger partial charge in [-0.3, -0.25) is 4.79 Å². The van der Waals surface area contributed by atoms with Crippen molar-refractivity contribution in [2.45, 2.75) is 59.5 Å². The molecule has 0 saturated heterocycles. The SMILES string of the molecule is C=C1CC[C@@H]2C(C)(C)[C@@H](OC(C)=O)CC[C@@]2(C)[C@@H]1COc1ccc2ccc(=O)oc2c1. The predicted molar refractivity (Wildman–Crippen MR) is 120 cm³/mol. The molecule has 0 bridgehead atoms. The average Bonchev–Trinajstić information content (AvgIpc) is 2.69. The van der Waals surface area contributed by atoms with Crippen LogP contribution in [0.15, 0.2) is 51.7 Å². The van der Waals surface area contributed by atoms with E-state index in [2.05, 4.69) is 27.4 Å². The lowest BCUT2D eigenvalue weighted by molar-refractivity contribution is -0.175. The lowest BCUT2D eigenvalue weighted by Crippen LogP contribution is -2.56. The van der Waals surface area contributed by atoms with E-state index in [1.165, 1.54) is 18.6 Å². The Morgan fingerprint density at radius 1 is 1.19 bits per heavy atom. The molecule has 0 aliphatic heterocycles. The van der Waals surface area contributed by atoms with Gasteiger partial charge in [0.05, 0.1) is 6.61 Å². The monoisotopic (exact) mass is 424 g/mol. The van der Waals surface area contributed by atoms with Crippen LogP contribution in [0.4, 0.5) is 0 Å². The first kappa shape index (κ1) is 21.7. The number of carbonyl (C=O) groups is 1. The third-order valence-corrected chi connectivity index (χ3v) is 7.83. The summed E-state index contributed by atoms with van der Waals surface area (Å²) in [7, 11) is 0. The van der Waals surface area contributed by atoms with E-state index in [4.69, 9.17) is 13.9 Å². The fourth-order valence-electron chi connectivity index (χ4n) is 6.18. The Hall–Kier alpha value is -2.56. The molecule has 5 heteroatoms. The molecule has 166 valence electrons. The number of ether oxygens (including phenoxy) is 2. The second kappa shape index (κ2) is 7.85. The molecule has 2 fully saturated rings. The smallest absolute Gasteiger partial charge is 0.336 e. The summed E-state index contributed by atoms with van der Waals surface area (Å²) in [5.41, 5.74) is 1.31. The van der Waals surface area contributed by atoms with Crippen LogP contribution in [0.1, 0.15) is 53.4 Å². The normalized spacial score (nSPS) is 29.9. The minimum absolute atomic E-state index is 0.0267. The van der Waals surface area contributed by atoms with Crippen LogP contribution in [0.2, 0.25) is 0 Å². The van der Waals surface area contributed by atoms with Gasteiger partial charge in [0.1, 0.15) is 17.4 Å². The molecule has 0 amide bonds. The van der Waals surface area contributed by atoms with Gasteiger partial charge in [0, 0.05) is 35.8 Å². The minimum atomic E-state index is -0.368. The summed E-state index contributed by atoms with van der Waals surface area (Å²) in [6, 6.07) is 8.77. The number of hydrogen-bond acceptors (Lipinski definition) is 5. The third kappa shape index (κ3) is 3.90. The summed E-state index contributed by atoms with van der Waals surface area (Å²) in [5, 5.41) is 0.867. The van der Waals surface area contributed by atoms with Gasteiger partial charge in [0.25, 0.3) is 0 Å². The van der Waals surface area contributed by atoms with Gasteiger partial charge in [-0.1, -0.05) is 32.9 Å². The average molecular weight is 425 g/mol. The number of fused-ring (bicyclic) bond motifs is 2. The van der Waals surface area contributed by atoms with Crippen molar-refractivity contribution in [2.24, 2.45) is 22.7 Å². The van der Waals surface area contributed by atoms with Crippen LogP contribution in [0.3, 0.4) is 0 Å². The Morgan fingerprint density at radius 2 is 1.94 bits per heavy atom. The molecule has 5 nitrogen and oxygen atoms in total. The quantitative estimate of drug-likeness (QED) is 0.368. The highest BCUT2D eigenvalue weighted by Crippen LogP contribution is 2.61. The molecule has 1 heterocycles. The maximum atomic E-state index is 11.6. The molecule has 4 atom stereocenters. The molecule has 31 heavy (non-hydrogen) atoms. The Bertz CT molecular complexity index is 1060. The van der Waals surface area contributed by atoms with E-state index in [1.807, 2.05) is 12.1 Å². The first-order valence-electron chi connectivity index (χ1n) is 11.1. The van der Waals surface area contributed by atoms with Gasteiger partial charge in [-0.05, 0) is 55.2 Å². The van der Waals surface area contributed by atoms with Crippen LogP contribution in [-0.2, 0) is 9.53 Å². The maximum absolute atomic E-state index is 11.6. The molecule has 1 aromatic heterocycles. The fraction of sp³-hybridized carbons (Fsp3) is 0.538. The molecular formula is C26H32O5. The number of benzene rings is 1. The van der Waals surface area contributed by atoms with Crippen molar-refractivity contribution in [1.82, 2.24) is 0 Å². The molecule has 2 aliphatic rings. The van der Waals surface area contributed by atoms with Crippen LogP contribution < -0.4 is 10.4 Å². The van der Waals surface area contributed by atoms with Gasteiger partial charge in [-0.25, -0.2) is 4.79 Å². The van der Waals surface area contributed by atoms with Gasteiger partial charge < -0.3 is 13.9 Å². The lowest BCUT2D eigenvalue weighted by atomic mass is 9.47. The fourth-order valence-corrected chi connectivity index (χ4v) is 6.18. The molecule has 0 unspecified atom stereocenters. The van der Waals surface area contributed by atoms with Crippen LogP contribution in [0, 0.1) is 22.7 Å². The third-order valence-electron chi connectivity index (χ3n) is 7.83. The molecule has 2 saturated carbocycles. The van der Waals surface area contributed by atoms with Crippen molar-refractivity contribution < 1.29 is 18.7 Å². The molecule has 4 rings (SSSR count). The molecule has 2 aromatic rings. The summed E-state index contributed by atoms with van der Waals surface area (Å²) >= 11 is 0. The zero-order valence-electron chi connectivity index (χ0n) is 18.9. The molecule has 1 aromatic carbocycles. The van der Waals surface area contributed by atoms with E-state index in [0.29, 0.717) is 23.9 Å². The van der Waals surface area contributed by atoms with Crippen molar-refractivity contribution in [3.63, 3.8) is 0 Å². The highest BCUT2D eigenvalue weighted by atomic mass is 16.5. The van der Waals surface area contributed by atoms with Crippen LogP contribution >= 0.6 is 0 Å². The van der Waals surface area contributed by atoms with E-state index in [-0.39, 0.29) is 34.4 Å². The predicted octanol–water partition coefficient (Wildman–Crippen LogP) is 5.51. The highest BCUT2D eigenvalue weighted by molar-refractivity contribution is 5.77. The Balaban J connectivity index is 1.56. The van der Waals surface area contributed by atoms with Crippen LogP contribution in [-0.4, -0.2) is 18.7 Å². The summed E-state index contributed by atoms with van der Waals surface area (Å²) in [4.78, 5) is 23.2. The van der Waals surface area contributed by atoms with Crippen molar-refractivity contribution in [2.75, 3.05) is 6.61 Å². The van der Waals surface area contributed by atoms with E-state index >= 15 is 0 Å².